The molecule has 0 aromatic heterocycles. The van der Waals surface area contributed by atoms with Gasteiger partial charge in [0.05, 0.1) is 47.7 Å². The molecule has 0 bridgehead atoms. The lowest BCUT2D eigenvalue weighted by Gasteiger charge is -2.38. The summed E-state index contributed by atoms with van der Waals surface area (Å²) in [7, 11) is 0. The minimum absolute atomic E-state index is 0.102. The molecule has 0 radical (unpaired) electrons. The van der Waals surface area contributed by atoms with Gasteiger partial charge in [-0.15, -0.1) is 0 Å². The Morgan fingerprint density at radius 3 is 0.873 bits per heavy atom. The van der Waals surface area contributed by atoms with E-state index in [1.54, 1.807) is 24.3 Å². The number of rotatable bonds is 28. The van der Waals surface area contributed by atoms with Crippen LogP contribution in [0.1, 0.15) is 194 Å². The van der Waals surface area contributed by atoms with Crippen LogP contribution in [-0.4, -0.2) is 122 Å². The largest absolute Gasteiger partial charge is 0.457 e. The quantitative estimate of drug-likeness (QED) is 0.0118. The van der Waals surface area contributed by atoms with Gasteiger partial charge in [0.25, 0.3) is 23.6 Å². The van der Waals surface area contributed by atoms with Crippen LogP contribution in [0, 0.1) is 11.8 Å². The van der Waals surface area contributed by atoms with Gasteiger partial charge < -0.3 is 49.7 Å². The molecular formula is C84H90N6O12. The van der Waals surface area contributed by atoms with Crippen molar-refractivity contribution in [1.29, 1.82) is 0 Å². The molecule has 18 heteroatoms. The summed E-state index contributed by atoms with van der Waals surface area (Å²) in [5.41, 5.74) is 4.66. The van der Waals surface area contributed by atoms with Crippen LogP contribution in [0.5, 0.6) is 46.0 Å². The average Bonchev–Trinajstić information content (AvgIpc) is 0.922. The zero-order valence-corrected chi connectivity index (χ0v) is 59.4. The Bertz CT molecular complexity index is 4190. The van der Waals surface area contributed by atoms with Crippen LogP contribution < -0.4 is 40.2 Å². The van der Waals surface area contributed by atoms with Crippen molar-refractivity contribution in [2.45, 2.75) is 155 Å². The second kappa shape index (κ2) is 28.4. The average molecular weight is 1380 g/mol. The first-order valence-electron chi connectivity index (χ1n) is 36.8. The Balaban J connectivity index is 1.04. The second-order valence-electron chi connectivity index (χ2n) is 29.8. The van der Waals surface area contributed by atoms with Gasteiger partial charge in [0.15, 0.2) is 0 Å². The van der Waals surface area contributed by atoms with E-state index in [-0.39, 0.29) is 117 Å². The van der Waals surface area contributed by atoms with Crippen LogP contribution in [0.2, 0.25) is 0 Å². The molecule has 6 aliphatic rings. The molecule has 102 heavy (non-hydrogen) atoms. The number of imide groups is 2. The van der Waals surface area contributed by atoms with Gasteiger partial charge in [-0.3, -0.25) is 38.6 Å². The van der Waals surface area contributed by atoms with E-state index in [1.165, 1.54) is 9.80 Å². The molecule has 2 saturated carbocycles. The van der Waals surface area contributed by atoms with E-state index in [0.717, 1.165) is 47.9 Å². The maximum Gasteiger partial charge on any atom is 0.262 e. The number of ether oxygens (including phenoxy) is 6. The highest BCUT2D eigenvalue weighted by Gasteiger charge is 2.49. The molecule has 2 aliphatic carbocycles. The van der Waals surface area contributed by atoms with Crippen molar-refractivity contribution in [3.05, 3.63) is 166 Å². The zero-order chi connectivity index (χ0) is 70.8. The number of amides is 6. The van der Waals surface area contributed by atoms with Crippen molar-refractivity contribution in [3.63, 3.8) is 0 Å². The Morgan fingerprint density at radius 2 is 0.637 bits per heavy atom. The minimum Gasteiger partial charge on any atom is -0.457 e. The topological polar surface area (TPSA) is 219 Å². The number of carbonyl (C=O) groups excluding carboxylic acids is 6. The van der Waals surface area contributed by atoms with E-state index >= 15 is 28.8 Å². The predicted molar refractivity (Wildman–Crippen MR) is 394 cm³/mol. The highest BCUT2D eigenvalue weighted by Crippen LogP contribution is 2.59. The highest BCUT2D eigenvalue weighted by atomic mass is 16.6. The number of hydrogen-bond acceptors (Lipinski definition) is 14. The molecule has 528 valence electrons. The van der Waals surface area contributed by atoms with Gasteiger partial charge in [-0.2, -0.15) is 0 Å². The van der Waals surface area contributed by atoms with Crippen LogP contribution in [0.25, 0.3) is 43.1 Å². The van der Waals surface area contributed by atoms with E-state index in [1.807, 2.05) is 97.1 Å². The van der Waals surface area contributed by atoms with Crippen LogP contribution in [-0.2, 0) is 19.1 Å². The fraction of sp³-hybridized carbons (Fsp3) is 0.405. The number of benzene rings is 9. The molecule has 18 nitrogen and oxygen atoms in total. The molecule has 4 aliphatic heterocycles. The minimum atomic E-state index is -1.19. The molecule has 9 aromatic rings. The third-order valence-corrected chi connectivity index (χ3v) is 21.6. The van der Waals surface area contributed by atoms with Crippen molar-refractivity contribution >= 4 is 78.5 Å². The van der Waals surface area contributed by atoms with Gasteiger partial charge in [-0.05, 0) is 156 Å². The standard InChI is InChI=1S/C84H90N6O12/c1-45(2)49-17-25-55(26-18-49)99-65-37-61-69-62(82(94)89(81(61)93)77(53-13-9-10-14-53)79(91)87-35-33-85-41-59-43-97-59)39-67(101-57-29-21-51(22-30-57)47(5)6)73-74-68(102-58-31-23-52(24-32-58)48(7)8)40-64-70-63(38-66(72(76(70)74)71(65)75(69)73)100-56-27-19-50(20-28-56)46(3)4)83(95)90(84(64)96)78(54-15-11-12-16-54)80(92)88-36-34-86-42-60-44-98-60/h17-32,37-40,45-48,53-54,59-60,77-78,85-86H,9-16,33-36,41-44H2,1-8H3,(H,87,91)(H,88,92). The Hall–Kier alpha value is -9.46. The number of nitrogens with zero attached hydrogens (tertiary/aromatic N) is 2. The molecule has 4 atom stereocenters. The molecule has 0 spiro atoms. The Labute approximate surface area is 594 Å². The first-order valence-corrected chi connectivity index (χ1v) is 36.8. The van der Waals surface area contributed by atoms with E-state index in [9.17, 15) is 0 Å². The van der Waals surface area contributed by atoms with Gasteiger partial charge in [0.2, 0.25) is 11.8 Å². The maximum absolute atomic E-state index is 16.5. The van der Waals surface area contributed by atoms with E-state index < -0.39 is 47.5 Å². The van der Waals surface area contributed by atoms with Crippen molar-refractivity contribution in [3.8, 4) is 46.0 Å². The summed E-state index contributed by atoms with van der Waals surface area (Å²) in [6.07, 6.45) is 6.04. The monoisotopic (exact) mass is 1370 g/mol. The number of hydrogen-bond donors (Lipinski definition) is 4. The van der Waals surface area contributed by atoms with Crippen molar-refractivity contribution in [2.75, 3.05) is 52.5 Å². The third-order valence-electron chi connectivity index (χ3n) is 21.6. The smallest absolute Gasteiger partial charge is 0.262 e. The molecule has 2 saturated heterocycles. The predicted octanol–water partition coefficient (Wildman–Crippen LogP) is 15.9. The molecule has 4 unspecified atom stereocenters. The molecule has 4 fully saturated rings. The first kappa shape index (κ1) is 68.3. The molecule has 15 rings (SSSR count). The van der Waals surface area contributed by atoms with Crippen LogP contribution >= 0.6 is 0 Å². The van der Waals surface area contributed by atoms with Crippen molar-refractivity contribution < 1.29 is 57.2 Å². The van der Waals surface area contributed by atoms with Gasteiger partial charge in [0, 0.05) is 82.4 Å². The van der Waals surface area contributed by atoms with Crippen molar-refractivity contribution in [2.24, 2.45) is 11.8 Å². The Morgan fingerprint density at radius 1 is 0.382 bits per heavy atom. The molecular weight excluding hydrogens is 1280 g/mol. The summed E-state index contributed by atoms with van der Waals surface area (Å²) < 4.78 is 40.3. The second-order valence-corrected chi connectivity index (χ2v) is 29.8. The van der Waals surface area contributed by atoms with E-state index in [4.69, 9.17) is 28.4 Å². The van der Waals surface area contributed by atoms with Gasteiger partial charge in [0.1, 0.15) is 58.1 Å². The summed E-state index contributed by atoms with van der Waals surface area (Å²) in [6.45, 7) is 20.9. The normalized spacial score (nSPS) is 18.2. The summed E-state index contributed by atoms with van der Waals surface area (Å²) in [6, 6.07) is 35.4. The van der Waals surface area contributed by atoms with E-state index in [0.29, 0.717) is 120 Å². The number of carbonyl (C=O) groups is 6. The molecule has 4 N–H and O–H groups in total. The van der Waals surface area contributed by atoms with Gasteiger partial charge >= 0.3 is 0 Å². The number of nitrogens with one attached hydrogen (secondary N) is 4. The summed E-state index contributed by atoms with van der Waals surface area (Å²) in [5.74, 6) is -1.22. The fourth-order valence-corrected chi connectivity index (χ4v) is 15.8. The van der Waals surface area contributed by atoms with Gasteiger partial charge in [-0.1, -0.05) is 130 Å². The van der Waals surface area contributed by atoms with Crippen LogP contribution in [0.4, 0.5) is 0 Å². The third kappa shape index (κ3) is 13.2. The highest BCUT2D eigenvalue weighted by molar-refractivity contribution is 6.45. The van der Waals surface area contributed by atoms with Crippen molar-refractivity contribution in [1.82, 2.24) is 31.1 Å². The van der Waals surface area contributed by atoms with Gasteiger partial charge in [-0.25, -0.2) is 0 Å². The lowest BCUT2D eigenvalue weighted by Crippen LogP contribution is -2.57. The van der Waals surface area contributed by atoms with Crippen LogP contribution in [0.15, 0.2) is 121 Å². The summed E-state index contributed by atoms with van der Waals surface area (Å²) in [5, 5.41) is 15.7. The number of epoxide rings is 2. The first-order chi connectivity index (χ1) is 49.4. The summed E-state index contributed by atoms with van der Waals surface area (Å²) >= 11 is 0. The van der Waals surface area contributed by atoms with E-state index in [2.05, 4.69) is 76.7 Å². The molecule has 4 heterocycles. The number of fused-ring (bicyclic) bond motifs is 2. The zero-order valence-electron chi connectivity index (χ0n) is 59.4. The molecule has 9 aromatic carbocycles. The lowest BCUT2D eigenvalue weighted by molar-refractivity contribution is -0.127. The Kier molecular flexibility index (Phi) is 19.0. The SMILES string of the molecule is CC(C)c1ccc(Oc2cc3c4c(cc(Oc5ccc(C(C)C)cc5)c5c6c(Oc7ccc(C(C)C)cc7)cc7c8c(cc(Oc9ccc(C(C)C)cc9)c(c2c45)c86)C(=O)N(C(C(=O)NCCNCC2CO2)C2CCCC2)C7=O)C(=O)N(C(C(=O)NCCNCC2CO2)C2CCCC2)C3=O)cc1. The summed E-state index contributed by atoms with van der Waals surface area (Å²) in [4.78, 5) is 98.6. The van der Waals surface area contributed by atoms with Crippen LogP contribution in [0.3, 0.4) is 0 Å². The maximum atomic E-state index is 16.5. The molecule has 6 amide bonds. The fourth-order valence-electron chi connectivity index (χ4n) is 15.8. The lowest BCUT2D eigenvalue weighted by atomic mass is 9.79.